The first-order chi connectivity index (χ1) is 9.53. The summed E-state index contributed by atoms with van der Waals surface area (Å²) in [6, 6.07) is -0.506. The molecule has 2 unspecified atom stereocenters. The van der Waals surface area contributed by atoms with Gasteiger partial charge in [-0.25, -0.2) is 4.57 Å². The van der Waals surface area contributed by atoms with Crippen molar-refractivity contribution in [2.75, 3.05) is 12.3 Å². The molecule has 0 bridgehead atoms. The Kier molecular flexibility index (Phi) is 3.14. The first kappa shape index (κ1) is 13.3. The zero-order valence-electron chi connectivity index (χ0n) is 10.6. The molecule has 2 aliphatic heterocycles. The number of rotatable bonds is 3. The van der Waals surface area contributed by atoms with Crippen LogP contribution in [0.4, 0.5) is 0 Å². The molecule has 0 saturated carbocycles. The number of nitrogens with two attached hydrogens (primary N) is 1. The van der Waals surface area contributed by atoms with Gasteiger partial charge in [0, 0.05) is 12.3 Å². The summed E-state index contributed by atoms with van der Waals surface area (Å²) in [4.78, 5) is 28.8. The number of carbonyl (C=O) groups is 2. The molecular weight excluding hydrogens is 280 g/mol. The van der Waals surface area contributed by atoms with E-state index < -0.39 is 17.4 Å². The van der Waals surface area contributed by atoms with Crippen molar-refractivity contribution in [1.82, 2.24) is 9.88 Å². The van der Waals surface area contributed by atoms with Crippen molar-refractivity contribution in [2.45, 2.75) is 18.0 Å². The lowest BCUT2D eigenvalue weighted by atomic mass is 9.87. The highest BCUT2D eigenvalue weighted by molar-refractivity contribution is 8.00. The van der Waals surface area contributed by atoms with E-state index in [9.17, 15) is 14.7 Å². The van der Waals surface area contributed by atoms with Gasteiger partial charge in [0.2, 0.25) is 5.91 Å². The van der Waals surface area contributed by atoms with Crippen LogP contribution in [-0.4, -0.2) is 45.5 Å². The summed E-state index contributed by atoms with van der Waals surface area (Å²) in [5, 5.41) is 11.5. The van der Waals surface area contributed by atoms with Gasteiger partial charge in [-0.05, 0) is 0 Å². The molecule has 0 radical (unpaired) electrons. The lowest BCUT2D eigenvalue weighted by Gasteiger charge is -2.53. The lowest BCUT2D eigenvalue weighted by Crippen LogP contribution is -2.74. The number of aliphatic carboxylic acids is 1. The number of hydrogen-bond donors (Lipinski definition) is 1. The highest BCUT2D eigenvalue weighted by Crippen LogP contribution is 2.41. The summed E-state index contributed by atoms with van der Waals surface area (Å²) < 4.78 is 1.74. The Bertz CT molecular complexity index is 555. The van der Waals surface area contributed by atoms with Crippen molar-refractivity contribution in [3.05, 3.63) is 24.8 Å². The SMILES string of the molecule is NC1C(=O)N2CC(C[n+]3ccncc3)(C(=O)[O-])CS[C@H]12. The molecule has 0 aliphatic carbocycles. The van der Waals surface area contributed by atoms with E-state index in [0.717, 1.165) is 0 Å². The minimum Gasteiger partial charge on any atom is -0.549 e. The van der Waals surface area contributed by atoms with Crippen LogP contribution < -0.4 is 15.4 Å². The zero-order valence-corrected chi connectivity index (χ0v) is 11.5. The van der Waals surface area contributed by atoms with Crippen molar-refractivity contribution in [3.8, 4) is 0 Å². The maximum atomic E-state index is 11.7. The first-order valence-electron chi connectivity index (χ1n) is 6.22. The molecule has 3 heterocycles. The highest BCUT2D eigenvalue weighted by Gasteiger charge is 2.54. The van der Waals surface area contributed by atoms with Crippen molar-refractivity contribution < 1.29 is 19.3 Å². The number of thioether (sulfide) groups is 1. The van der Waals surface area contributed by atoms with Crippen LogP contribution >= 0.6 is 11.8 Å². The fraction of sp³-hybridized carbons (Fsp3) is 0.500. The Balaban J connectivity index is 1.83. The van der Waals surface area contributed by atoms with Crippen LogP contribution in [0.1, 0.15) is 0 Å². The van der Waals surface area contributed by atoms with E-state index in [0.29, 0.717) is 5.75 Å². The molecule has 2 fully saturated rings. The second-order valence-corrected chi connectivity index (χ2v) is 6.28. The third-order valence-corrected chi connectivity index (χ3v) is 5.40. The van der Waals surface area contributed by atoms with Crippen LogP contribution in [0.2, 0.25) is 0 Å². The van der Waals surface area contributed by atoms with Gasteiger partial charge in [0.15, 0.2) is 18.9 Å². The van der Waals surface area contributed by atoms with Gasteiger partial charge in [0.25, 0.3) is 0 Å². The Hall–Kier alpha value is -1.67. The third-order valence-electron chi connectivity index (χ3n) is 3.79. The van der Waals surface area contributed by atoms with Gasteiger partial charge in [-0.15, -0.1) is 11.8 Å². The second-order valence-electron chi connectivity index (χ2n) is 5.18. The van der Waals surface area contributed by atoms with Crippen molar-refractivity contribution >= 4 is 23.6 Å². The quantitative estimate of drug-likeness (QED) is 0.482. The molecule has 1 aromatic heterocycles. The number of β-lactam (4-membered cyclic amide) rings is 1. The number of carboxylic acids is 1. The van der Waals surface area contributed by atoms with Gasteiger partial charge in [-0.2, -0.15) is 0 Å². The summed E-state index contributed by atoms with van der Waals surface area (Å²) in [6.07, 6.45) is 6.58. The van der Waals surface area contributed by atoms with E-state index in [4.69, 9.17) is 5.73 Å². The van der Waals surface area contributed by atoms with Crippen molar-refractivity contribution in [3.63, 3.8) is 0 Å². The van der Waals surface area contributed by atoms with Crippen LogP contribution in [0, 0.1) is 5.41 Å². The number of hydrogen-bond acceptors (Lipinski definition) is 6. The van der Waals surface area contributed by atoms with Crippen molar-refractivity contribution in [2.24, 2.45) is 11.1 Å². The lowest BCUT2D eigenvalue weighted by molar-refractivity contribution is -0.708. The molecule has 2 N–H and O–H groups in total. The maximum Gasteiger partial charge on any atom is 0.243 e. The molecule has 0 aromatic carbocycles. The number of fused-ring (bicyclic) bond motifs is 1. The summed E-state index contributed by atoms with van der Waals surface area (Å²) in [7, 11) is 0. The molecule has 1 aromatic rings. The number of carbonyl (C=O) groups excluding carboxylic acids is 2. The Morgan fingerprint density at radius 1 is 1.60 bits per heavy atom. The van der Waals surface area contributed by atoms with Gasteiger partial charge in [0.1, 0.15) is 11.4 Å². The molecule has 7 nitrogen and oxygen atoms in total. The second kappa shape index (κ2) is 4.71. The molecule has 2 aliphatic rings. The van der Waals surface area contributed by atoms with E-state index in [-0.39, 0.29) is 24.4 Å². The number of nitrogens with zero attached hydrogens (tertiary/aromatic N) is 3. The van der Waals surface area contributed by atoms with Crippen LogP contribution in [0.25, 0.3) is 0 Å². The minimum atomic E-state index is -1.14. The van der Waals surface area contributed by atoms with Gasteiger partial charge >= 0.3 is 0 Å². The average molecular weight is 294 g/mol. The molecule has 3 rings (SSSR count). The Labute approximate surface area is 119 Å². The summed E-state index contributed by atoms with van der Waals surface area (Å²) >= 11 is 1.41. The van der Waals surface area contributed by atoms with Crippen molar-refractivity contribution in [1.29, 1.82) is 0 Å². The molecule has 1 amide bonds. The number of aromatic nitrogens is 2. The first-order valence-corrected chi connectivity index (χ1v) is 7.27. The fourth-order valence-electron chi connectivity index (χ4n) is 2.61. The molecule has 2 saturated heterocycles. The normalized spacial score (nSPS) is 32.5. The monoisotopic (exact) mass is 294 g/mol. The standard InChI is InChI=1S/C12H14N4O3S/c13-8-9(17)16-6-12(11(18)19,7-20-10(8)16)5-15-3-1-14-2-4-15/h1-4,8,10H,5-7,13H2/t8?,10-,12?/m1/s1. The number of amides is 1. The van der Waals surface area contributed by atoms with E-state index in [1.807, 2.05) is 0 Å². The van der Waals surface area contributed by atoms with Gasteiger partial charge in [0.05, 0.1) is 23.8 Å². The highest BCUT2D eigenvalue weighted by atomic mass is 32.2. The smallest absolute Gasteiger partial charge is 0.243 e. The average Bonchev–Trinajstić information content (AvgIpc) is 2.47. The predicted molar refractivity (Wildman–Crippen MR) is 67.8 cm³/mol. The van der Waals surface area contributed by atoms with E-state index in [1.54, 1.807) is 29.4 Å². The summed E-state index contributed by atoms with van der Waals surface area (Å²) in [5.41, 5.74) is 4.61. The minimum absolute atomic E-state index is 0.0996. The zero-order chi connectivity index (χ0) is 14.3. The summed E-state index contributed by atoms with van der Waals surface area (Å²) in [6.45, 7) is 0.394. The molecule has 20 heavy (non-hydrogen) atoms. The van der Waals surface area contributed by atoms with E-state index >= 15 is 0 Å². The maximum absolute atomic E-state index is 11.7. The topological polar surface area (TPSA) is 103 Å². The van der Waals surface area contributed by atoms with Gasteiger partial charge < -0.3 is 20.5 Å². The molecule has 8 heteroatoms. The predicted octanol–water partition coefficient (Wildman–Crippen LogP) is -2.65. The fourth-order valence-corrected chi connectivity index (χ4v) is 4.09. The molecule has 0 spiro atoms. The Morgan fingerprint density at radius 3 is 2.95 bits per heavy atom. The van der Waals surface area contributed by atoms with Crippen LogP contribution in [0.3, 0.4) is 0 Å². The van der Waals surface area contributed by atoms with E-state index in [2.05, 4.69) is 4.98 Å². The molecule has 3 atom stereocenters. The summed E-state index contributed by atoms with van der Waals surface area (Å²) in [5.74, 6) is -0.944. The molecular formula is C12H14N4O3S. The molecule has 106 valence electrons. The number of carboxylic acid groups (broad SMARTS) is 1. The van der Waals surface area contributed by atoms with Crippen LogP contribution in [-0.2, 0) is 16.1 Å². The van der Waals surface area contributed by atoms with Gasteiger partial charge in [-0.3, -0.25) is 9.78 Å². The van der Waals surface area contributed by atoms with Crippen LogP contribution in [0.5, 0.6) is 0 Å². The van der Waals surface area contributed by atoms with E-state index in [1.165, 1.54) is 16.7 Å². The van der Waals surface area contributed by atoms with Crippen LogP contribution in [0.15, 0.2) is 24.8 Å². The Morgan fingerprint density at radius 2 is 2.30 bits per heavy atom. The van der Waals surface area contributed by atoms with Gasteiger partial charge in [-0.1, -0.05) is 0 Å². The largest absolute Gasteiger partial charge is 0.549 e. The third kappa shape index (κ3) is 1.95.